The Hall–Kier alpha value is -2.93. The summed E-state index contributed by atoms with van der Waals surface area (Å²) in [6.07, 6.45) is -0.351. The fourth-order valence-electron chi connectivity index (χ4n) is 2.68. The van der Waals surface area contributed by atoms with Crippen LogP contribution in [0.4, 0.5) is 10.1 Å². The lowest BCUT2D eigenvalue weighted by atomic mass is 10.2. The fraction of sp³-hybridized carbons (Fsp3) is 0.300. The third kappa shape index (κ3) is 5.27. The molecule has 1 aliphatic heterocycles. The van der Waals surface area contributed by atoms with E-state index in [9.17, 15) is 14.0 Å². The summed E-state index contributed by atoms with van der Waals surface area (Å²) in [6, 6.07) is 13.1. The van der Waals surface area contributed by atoms with E-state index in [1.807, 2.05) is 19.1 Å². The Morgan fingerprint density at radius 1 is 1.22 bits per heavy atom. The molecule has 2 aromatic rings. The molecule has 27 heavy (non-hydrogen) atoms. The number of hydrogen-bond donors (Lipinski definition) is 1. The van der Waals surface area contributed by atoms with Crippen LogP contribution in [0.3, 0.4) is 0 Å². The summed E-state index contributed by atoms with van der Waals surface area (Å²) in [5.41, 5.74) is 1.71. The van der Waals surface area contributed by atoms with Crippen LogP contribution in [0.2, 0.25) is 0 Å². The van der Waals surface area contributed by atoms with Crippen molar-refractivity contribution in [2.75, 3.05) is 31.2 Å². The Morgan fingerprint density at radius 3 is 2.63 bits per heavy atom. The Kier molecular flexibility index (Phi) is 6.03. The predicted molar refractivity (Wildman–Crippen MR) is 98.2 cm³/mol. The topological polar surface area (TPSA) is 67.9 Å². The van der Waals surface area contributed by atoms with Crippen LogP contribution in [-0.2, 0) is 14.3 Å². The number of nitrogens with zero attached hydrogens (tertiary/aromatic N) is 1. The Bertz CT molecular complexity index is 793. The third-order valence-electron chi connectivity index (χ3n) is 4.19. The first-order chi connectivity index (χ1) is 13.0. The van der Waals surface area contributed by atoms with E-state index in [4.69, 9.17) is 9.47 Å². The SMILES string of the molecule is Cc1ccc(OCC(=O)NCC2CN(c3ccc(F)cc3)C(=O)CO2)cc1. The number of carbonyl (C=O) groups is 2. The summed E-state index contributed by atoms with van der Waals surface area (Å²) in [5, 5.41) is 2.74. The molecule has 3 rings (SSSR count). The normalized spacial score (nSPS) is 16.9. The minimum absolute atomic E-state index is 0.0855. The van der Waals surface area contributed by atoms with E-state index in [0.717, 1.165) is 5.56 Å². The summed E-state index contributed by atoms with van der Waals surface area (Å²) in [7, 11) is 0. The number of hydrogen-bond acceptors (Lipinski definition) is 4. The van der Waals surface area contributed by atoms with Crippen molar-refractivity contribution in [1.82, 2.24) is 5.32 Å². The largest absolute Gasteiger partial charge is 0.484 e. The zero-order chi connectivity index (χ0) is 19.2. The maximum atomic E-state index is 13.1. The number of carbonyl (C=O) groups excluding carboxylic acids is 2. The van der Waals surface area contributed by atoms with Crippen molar-refractivity contribution in [3.63, 3.8) is 0 Å². The van der Waals surface area contributed by atoms with Gasteiger partial charge in [0.05, 0.1) is 12.6 Å². The average Bonchev–Trinajstić information content (AvgIpc) is 2.67. The summed E-state index contributed by atoms with van der Waals surface area (Å²) < 4.78 is 24.0. The molecule has 0 aromatic heterocycles. The van der Waals surface area contributed by atoms with Crippen molar-refractivity contribution in [1.29, 1.82) is 0 Å². The van der Waals surface area contributed by atoms with Crippen molar-refractivity contribution in [2.24, 2.45) is 0 Å². The standard InChI is InChI=1S/C20H21FN2O4/c1-14-2-8-17(9-3-14)26-12-19(24)22-10-18-11-23(20(25)13-27-18)16-6-4-15(21)5-7-16/h2-9,18H,10-13H2,1H3,(H,22,24). The van der Waals surface area contributed by atoms with Gasteiger partial charge in [0.1, 0.15) is 18.2 Å². The highest BCUT2D eigenvalue weighted by Gasteiger charge is 2.27. The summed E-state index contributed by atoms with van der Waals surface area (Å²) in [6.45, 7) is 2.32. The molecule has 0 aliphatic carbocycles. The number of rotatable bonds is 6. The molecule has 142 valence electrons. The molecule has 1 atom stereocenters. The maximum absolute atomic E-state index is 13.1. The van der Waals surface area contributed by atoms with Crippen molar-refractivity contribution in [3.05, 3.63) is 59.9 Å². The highest BCUT2D eigenvalue weighted by atomic mass is 19.1. The van der Waals surface area contributed by atoms with Crippen LogP contribution in [0.1, 0.15) is 5.56 Å². The molecule has 1 fully saturated rings. The number of morpholine rings is 1. The fourth-order valence-corrected chi connectivity index (χ4v) is 2.68. The summed E-state index contributed by atoms with van der Waals surface area (Å²) >= 11 is 0. The van der Waals surface area contributed by atoms with Gasteiger partial charge in [-0.1, -0.05) is 17.7 Å². The number of benzene rings is 2. The van der Waals surface area contributed by atoms with Crippen molar-refractivity contribution >= 4 is 17.5 Å². The molecular formula is C20H21FN2O4. The maximum Gasteiger partial charge on any atom is 0.258 e. The predicted octanol–water partition coefficient (Wildman–Crippen LogP) is 2.06. The first-order valence-corrected chi connectivity index (χ1v) is 8.65. The van der Waals surface area contributed by atoms with Gasteiger partial charge in [-0.2, -0.15) is 0 Å². The minimum Gasteiger partial charge on any atom is -0.484 e. The van der Waals surface area contributed by atoms with Gasteiger partial charge in [0.2, 0.25) is 0 Å². The molecule has 1 heterocycles. The van der Waals surface area contributed by atoms with E-state index >= 15 is 0 Å². The molecule has 1 N–H and O–H groups in total. The lowest BCUT2D eigenvalue weighted by Gasteiger charge is -2.32. The van der Waals surface area contributed by atoms with Crippen LogP contribution in [0.15, 0.2) is 48.5 Å². The van der Waals surface area contributed by atoms with Crippen LogP contribution in [0, 0.1) is 12.7 Å². The van der Waals surface area contributed by atoms with E-state index in [-0.39, 0.29) is 50.0 Å². The van der Waals surface area contributed by atoms with E-state index in [2.05, 4.69) is 5.32 Å². The molecule has 1 unspecified atom stereocenters. The molecular weight excluding hydrogens is 351 g/mol. The molecule has 6 nitrogen and oxygen atoms in total. The van der Waals surface area contributed by atoms with Gasteiger partial charge in [-0.05, 0) is 43.3 Å². The molecule has 2 aromatic carbocycles. The van der Waals surface area contributed by atoms with E-state index in [1.165, 1.54) is 17.0 Å². The van der Waals surface area contributed by atoms with Gasteiger partial charge in [0.25, 0.3) is 11.8 Å². The number of amides is 2. The van der Waals surface area contributed by atoms with Gasteiger partial charge in [-0.3, -0.25) is 9.59 Å². The lowest BCUT2D eigenvalue weighted by molar-refractivity contribution is -0.130. The van der Waals surface area contributed by atoms with Gasteiger partial charge in [0.15, 0.2) is 6.61 Å². The van der Waals surface area contributed by atoms with Crippen LogP contribution in [-0.4, -0.2) is 44.2 Å². The average molecular weight is 372 g/mol. The first kappa shape index (κ1) is 18.8. The molecule has 2 amide bonds. The first-order valence-electron chi connectivity index (χ1n) is 8.65. The third-order valence-corrected chi connectivity index (χ3v) is 4.19. The smallest absolute Gasteiger partial charge is 0.258 e. The van der Waals surface area contributed by atoms with E-state index in [0.29, 0.717) is 11.4 Å². The lowest BCUT2D eigenvalue weighted by Crippen LogP contribution is -2.51. The van der Waals surface area contributed by atoms with Crippen molar-refractivity contribution in [3.8, 4) is 5.75 Å². The number of anilines is 1. The van der Waals surface area contributed by atoms with Crippen LogP contribution < -0.4 is 15.0 Å². The van der Waals surface area contributed by atoms with E-state index in [1.54, 1.807) is 24.3 Å². The number of halogens is 1. The number of aryl methyl sites for hydroxylation is 1. The molecule has 0 saturated carbocycles. The minimum atomic E-state index is -0.364. The molecule has 7 heteroatoms. The molecule has 1 aliphatic rings. The van der Waals surface area contributed by atoms with Gasteiger partial charge < -0.3 is 19.7 Å². The second kappa shape index (κ2) is 8.64. The Morgan fingerprint density at radius 2 is 1.93 bits per heavy atom. The van der Waals surface area contributed by atoms with E-state index < -0.39 is 0 Å². The molecule has 0 spiro atoms. The second-order valence-corrected chi connectivity index (χ2v) is 6.32. The van der Waals surface area contributed by atoms with Gasteiger partial charge in [-0.25, -0.2) is 4.39 Å². The molecule has 1 saturated heterocycles. The van der Waals surface area contributed by atoms with Crippen LogP contribution in [0.25, 0.3) is 0 Å². The molecule has 0 bridgehead atoms. The number of nitrogens with one attached hydrogen (secondary N) is 1. The molecule has 0 radical (unpaired) electrons. The van der Waals surface area contributed by atoms with Gasteiger partial charge >= 0.3 is 0 Å². The quantitative estimate of drug-likeness (QED) is 0.843. The summed E-state index contributed by atoms with van der Waals surface area (Å²) in [5.74, 6) is -0.217. The van der Waals surface area contributed by atoms with Crippen LogP contribution in [0.5, 0.6) is 5.75 Å². The summed E-state index contributed by atoms with van der Waals surface area (Å²) in [4.78, 5) is 25.5. The Labute approximate surface area is 156 Å². The monoisotopic (exact) mass is 372 g/mol. The van der Waals surface area contributed by atoms with Crippen LogP contribution >= 0.6 is 0 Å². The highest BCUT2D eigenvalue weighted by molar-refractivity contribution is 5.95. The number of ether oxygens (including phenoxy) is 2. The zero-order valence-electron chi connectivity index (χ0n) is 15.0. The van der Waals surface area contributed by atoms with Gasteiger partial charge in [-0.15, -0.1) is 0 Å². The Balaban J connectivity index is 1.47. The van der Waals surface area contributed by atoms with Crippen molar-refractivity contribution < 1.29 is 23.5 Å². The second-order valence-electron chi connectivity index (χ2n) is 6.32. The van der Waals surface area contributed by atoms with Gasteiger partial charge in [0, 0.05) is 12.2 Å². The van der Waals surface area contributed by atoms with Crippen molar-refractivity contribution in [2.45, 2.75) is 13.0 Å². The zero-order valence-corrected chi connectivity index (χ0v) is 15.0. The highest BCUT2D eigenvalue weighted by Crippen LogP contribution is 2.19.